The zero-order valence-electron chi connectivity index (χ0n) is 8.53. The average molecular weight is 339 g/mol. The average Bonchev–Trinajstić information content (AvgIpc) is 2.14. The van der Waals surface area contributed by atoms with E-state index in [4.69, 9.17) is 0 Å². The number of sulfonamides is 1. The highest BCUT2D eigenvalue weighted by molar-refractivity contribution is 14.1. The Hall–Kier alpha value is -0.300. The minimum atomic E-state index is -3.17. The topological polar surface area (TPSA) is 46.2 Å². The van der Waals surface area contributed by atoms with Gasteiger partial charge in [0.1, 0.15) is 0 Å². The molecule has 15 heavy (non-hydrogen) atoms. The van der Waals surface area contributed by atoms with Gasteiger partial charge in [-0.05, 0) is 31.0 Å². The van der Waals surface area contributed by atoms with Crippen molar-refractivity contribution in [3.63, 3.8) is 0 Å². The number of aryl methyl sites for hydroxylation is 1. The summed E-state index contributed by atoms with van der Waals surface area (Å²) in [6.07, 6.45) is 0.682. The minimum absolute atomic E-state index is 0.184. The number of halogens is 1. The molecule has 0 unspecified atom stereocenters. The van der Waals surface area contributed by atoms with Gasteiger partial charge in [0.2, 0.25) is 10.0 Å². The molecule has 1 N–H and O–H groups in total. The molecule has 0 radical (unpaired) electrons. The highest BCUT2D eigenvalue weighted by Crippen LogP contribution is 2.12. The van der Waals surface area contributed by atoms with Gasteiger partial charge in [-0.15, -0.1) is 0 Å². The third kappa shape index (κ3) is 4.83. The van der Waals surface area contributed by atoms with E-state index in [1.807, 2.05) is 25.1 Å². The van der Waals surface area contributed by atoms with Gasteiger partial charge in [-0.1, -0.05) is 34.7 Å². The van der Waals surface area contributed by atoms with Gasteiger partial charge in [0.05, 0.1) is 5.75 Å². The molecule has 0 aliphatic heterocycles. The summed E-state index contributed by atoms with van der Waals surface area (Å²) < 4.78 is 26.5. The van der Waals surface area contributed by atoms with E-state index in [0.717, 1.165) is 9.99 Å². The Kier molecular flexibility index (Phi) is 4.85. The van der Waals surface area contributed by atoms with Crippen LogP contribution in [-0.2, 0) is 10.0 Å². The lowest BCUT2D eigenvalue weighted by Crippen LogP contribution is -2.16. The molecule has 0 atom stereocenters. The Morgan fingerprint density at radius 3 is 2.73 bits per heavy atom. The van der Waals surface area contributed by atoms with Crippen LogP contribution in [0.25, 0.3) is 0 Å². The molecule has 0 amide bonds. The van der Waals surface area contributed by atoms with Crippen LogP contribution in [0.3, 0.4) is 0 Å². The summed E-state index contributed by atoms with van der Waals surface area (Å²) in [5, 5.41) is 0. The Bertz CT molecular complexity index is 417. The van der Waals surface area contributed by atoms with Crippen LogP contribution < -0.4 is 4.72 Å². The zero-order chi connectivity index (χ0) is 11.3. The number of hydrogen-bond acceptors (Lipinski definition) is 2. The minimum Gasteiger partial charge on any atom is -0.284 e. The molecular formula is C10H14INO2S. The number of benzene rings is 1. The van der Waals surface area contributed by atoms with E-state index in [1.165, 1.54) is 0 Å². The van der Waals surface area contributed by atoms with Crippen LogP contribution in [-0.4, -0.2) is 18.6 Å². The molecule has 0 heterocycles. The lowest BCUT2D eigenvalue weighted by molar-refractivity contribution is 0.600. The van der Waals surface area contributed by atoms with Crippen LogP contribution in [0.5, 0.6) is 0 Å². The van der Waals surface area contributed by atoms with Gasteiger partial charge in [-0.2, -0.15) is 0 Å². The molecule has 0 saturated carbocycles. The number of rotatable bonds is 5. The second kappa shape index (κ2) is 5.69. The van der Waals surface area contributed by atoms with Crippen molar-refractivity contribution in [2.75, 3.05) is 14.9 Å². The maximum Gasteiger partial charge on any atom is 0.232 e. The Morgan fingerprint density at radius 2 is 2.13 bits per heavy atom. The maximum atomic E-state index is 11.6. The van der Waals surface area contributed by atoms with E-state index >= 15 is 0 Å². The first-order valence-electron chi connectivity index (χ1n) is 4.66. The SMILES string of the molecule is Cc1cccc(NS(=O)(=O)CCCI)c1. The molecule has 3 nitrogen and oxygen atoms in total. The standard InChI is InChI=1S/C10H14INO2S/c1-9-4-2-5-10(8-9)12-15(13,14)7-3-6-11/h2,4-5,8,12H,3,6-7H2,1H3. The summed E-state index contributed by atoms with van der Waals surface area (Å²) in [5.74, 6) is 0.184. The van der Waals surface area contributed by atoms with E-state index in [0.29, 0.717) is 12.1 Å². The molecule has 0 aliphatic rings. The fraction of sp³-hybridized carbons (Fsp3) is 0.400. The van der Waals surface area contributed by atoms with Gasteiger partial charge < -0.3 is 0 Å². The molecule has 0 fully saturated rings. The third-order valence-electron chi connectivity index (χ3n) is 1.84. The molecule has 0 spiro atoms. The first-order chi connectivity index (χ1) is 7.03. The summed E-state index contributed by atoms with van der Waals surface area (Å²) in [7, 11) is -3.17. The van der Waals surface area contributed by atoms with E-state index in [1.54, 1.807) is 6.07 Å². The van der Waals surface area contributed by atoms with Crippen LogP contribution in [0.15, 0.2) is 24.3 Å². The number of nitrogens with one attached hydrogen (secondary N) is 1. The predicted molar refractivity (Wildman–Crippen MR) is 72.1 cm³/mol. The molecule has 1 aromatic carbocycles. The van der Waals surface area contributed by atoms with Gasteiger partial charge in [0.15, 0.2) is 0 Å². The molecule has 5 heteroatoms. The lowest BCUT2D eigenvalue weighted by atomic mass is 10.2. The largest absolute Gasteiger partial charge is 0.284 e. The molecule has 1 rings (SSSR count). The summed E-state index contributed by atoms with van der Waals surface area (Å²) in [6.45, 7) is 1.93. The summed E-state index contributed by atoms with van der Waals surface area (Å²) >= 11 is 2.17. The summed E-state index contributed by atoms with van der Waals surface area (Å²) in [4.78, 5) is 0. The van der Waals surface area contributed by atoms with Crippen LogP contribution >= 0.6 is 22.6 Å². The highest BCUT2D eigenvalue weighted by atomic mass is 127. The molecule has 0 bridgehead atoms. The quantitative estimate of drug-likeness (QED) is 0.662. The van der Waals surface area contributed by atoms with E-state index < -0.39 is 10.0 Å². The first-order valence-corrected chi connectivity index (χ1v) is 7.84. The van der Waals surface area contributed by atoms with Crippen molar-refractivity contribution < 1.29 is 8.42 Å². The van der Waals surface area contributed by atoms with Crippen LogP contribution in [0.1, 0.15) is 12.0 Å². The van der Waals surface area contributed by atoms with Crippen LogP contribution in [0, 0.1) is 6.92 Å². The fourth-order valence-corrected chi connectivity index (χ4v) is 3.20. The second-order valence-corrected chi connectivity index (χ2v) is 6.25. The smallest absolute Gasteiger partial charge is 0.232 e. The number of alkyl halides is 1. The Labute approximate surface area is 104 Å². The van der Waals surface area contributed by atoms with E-state index in [9.17, 15) is 8.42 Å². The fourth-order valence-electron chi connectivity index (χ4n) is 1.18. The summed E-state index contributed by atoms with van der Waals surface area (Å²) in [5.41, 5.74) is 1.69. The highest BCUT2D eigenvalue weighted by Gasteiger charge is 2.09. The van der Waals surface area contributed by atoms with Gasteiger partial charge in [-0.25, -0.2) is 8.42 Å². The van der Waals surface area contributed by atoms with Crippen molar-refractivity contribution in [3.8, 4) is 0 Å². The van der Waals surface area contributed by atoms with Crippen LogP contribution in [0.4, 0.5) is 5.69 Å². The molecule has 84 valence electrons. The van der Waals surface area contributed by atoms with Crippen molar-refractivity contribution in [3.05, 3.63) is 29.8 Å². The monoisotopic (exact) mass is 339 g/mol. The normalized spacial score (nSPS) is 11.3. The van der Waals surface area contributed by atoms with Gasteiger partial charge in [0, 0.05) is 10.1 Å². The van der Waals surface area contributed by atoms with Gasteiger partial charge in [0.25, 0.3) is 0 Å². The van der Waals surface area contributed by atoms with Crippen molar-refractivity contribution in [2.24, 2.45) is 0 Å². The van der Waals surface area contributed by atoms with Crippen LogP contribution in [0.2, 0.25) is 0 Å². The van der Waals surface area contributed by atoms with E-state index in [2.05, 4.69) is 27.3 Å². The first kappa shape index (κ1) is 12.8. The Balaban J connectivity index is 2.69. The number of anilines is 1. The van der Waals surface area contributed by atoms with Gasteiger partial charge >= 0.3 is 0 Å². The molecule has 0 saturated heterocycles. The summed E-state index contributed by atoms with van der Waals surface area (Å²) in [6, 6.07) is 7.35. The number of hydrogen-bond donors (Lipinski definition) is 1. The molecular weight excluding hydrogens is 325 g/mol. The zero-order valence-corrected chi connectivity index (χ0v) is 11.5. The van der Waals surface area contributed by atoms with Crippen molar-refractivity contribution in [1.29, 1.82) is 0 Å². The van der Waals surface area contributed by atoms with Crippen molar-refractivity contribution in [1.82, 2.24) is 0 Å². The third-order valence-corrected chi connectivity index (χ3v) is 3.97. The molecule has 0 aromatic heterocycles. The van der Waals surface area contributed by atoms with Crippen molar-refractivity contribution >= 4 is 38.3 Å². The van der Waals surface area contributed by atoms with Crippen molar-refractivity contribution in [2.45, 2.75) is 13.3 Å². The van der Waals surface area contributed by atoms with Gasteiger partial charge in [-0.3, -0.25) is 4.72 Å². The lowest BCUT2D eigenvalue weighted by Gasteiger charge is -2.07. The second-order valence-electron chi connectivity index (χ2n) is 3.33. The predicted octanol–water partition coefficient (Wildman–Crippen LogP) is 2.56. The Morgan fingerprint density at radius 1 is 1.40 bits per heavy atom. The molecule has 1 aromatic rings. The van der Waals surface area contributed by atoms with E-state index in [-0.39, 0.29) is 5.75 Å². The maximum absolute atomic E-state index is 11.6. The molecule has 0 aliphatic carbocycles.